The van der Waals surface area contributed by atoms with Crippen LogP contribution in [0.5, 0.6) is 0 Å². The summed E-state index contributed by atoms with van der Waals surface area (Å²) in [6.45, 7) is -1.55. The summed E-state index contributed by atoms with van der Waals surface area (Å²) in [5.41, 5.74) is 0. The van der Waals surface area contributed by atoms with Crippen LogP contribution in [0.2, 0.25) is 0 Å². The van der Waals surface area contributed by atoms with Gasteiger partial charge in [-0.15, -0.1) is 0 Å². The van der Waals surface area contributed by atoms with Crippen LogP contribution < -0.4 is 0 Å². The summed E-state index contributed by atoms with van der Waals surface area (Å²) in [5, 5.41) is 0. The molecular formula is C6H18NNa2O12P3. The minimum absolute atomic E-state index is 0. The molecule has 24 heavy (non-hydrogen) atoms. The van der Waals surface area contributed by atoms with Gasteiger partial charge in [-0.05, 0) is 0 Å². The van der Waals surface area contributed by atoms with E-state index in [0.29, 0.717) is 0 Å². The summed E-state index contributed by atoms with van der Waals surface area (Å²) in [4.78, 5) is 52.4. The second-order valence-electron chi connectivity index (χ2n) is 3.81. The van der Waals surface area contributed by atoms with Crippen LogP contribution in [0.1, 0.15) is 0 Å². The van der Waals surface area contributed by atoms with Gasteiger partial charge in [0, 0.05) is 78.7 Å². The predicted octanol–water partition coefficient (Wildman–Crippen LogP) is -2.15. The van der Waals surface area contributed by atoms with Crippen LogP contribution in [-0.2, 0) is 27.3 Å². The van der Waals surface area contributed by atoms with Crippen molar-refractivity contribution in [1.29, 1.82) is 0 Å². The zero-order chi connectivity index (χ0) is 17.4. The number of hydrogen-bond donors (Lipinski definition) is 6. The van der Waals surface area contributed by atoms with E-state index in [-0.39, 0.29) is 78.7 Å². The van der Waals surface area contributed by atoms with Gasteiger partial charge in [-0.1, -0.05) is 0 Å². The second kappa shape index (κ2) is 14.3. The van der Waals surface area contributed by atoms with Crippen LogP contribution in [0.4, 0.5) is 0 Å². The molecule has 0 rings (SSSR count). The molecule has 0 aliphatic carbocycles. The van der Waals surface area contributed by atoms with Gasteiger partial charge in [0.05, 0.1) is 19.8 Å². The van der Waals surface area contributed by atoms with Crippen molar-refractivity contribution in [1.82, 2.24) is 4.90 Å². The fourth-order valence-corrected chi connectivity index (χ4v) is 2.16. The molecular weight excluding hydrogens is 417 g/mol. The Labute approximate surface area is 182 Å². The van der Waals surface area contributed by atoms with E-state index in [9.17, 15) is 13.7 Å². The van der Waals surface area contributed by atoms with Crippen molar-refractivity contribution in [2.75, 3.05) is 39.5 Å². The fraction of sp³-hybridized carbons (Fsp3) is 1.00. The first kappa shape index (κ1) is 31.0. The van der Waals surface area contributed by atoms with Crippen LogP contribution in [0.25, 0.3) is 0 Å². The van der Waals surface area contributed by atoms with Crippen molar-refractivity contribution in [3.8, 4) is 0 Å². The minimum atomic E-state index is -4.67. The quantitative estimate of drug-likeness (QED) is 0.143. The van der Waals surface area contributed by atoms with Gasteiger partial charge in [0.15, 0.2) is 0 Å². The zero-order valence-corrected chi connectivity index (χ0v) is 19.8. The summed E-state index contributed by atoms with van der Waals surface area (Å²) in [7, 11) is -14.0. The third-order valence-electron chi connectivity index (χ3n) is 2.00. The Morgan fingerprint density at radius 2 is 0.792 bits per heavy atom. The van der Waals surface area contributed by atoms with E-state index in [2.05, 4.69) is 13.6 Å². The number of phosphoric ester groups is 3. The third-order valence-corrected chi connectivity index (χ3v) is 3.56. The molecule has 0 spiro atoms. The Kier molecular flexibility index (Phi) is 18.5. The fourth-order valence-electron chi connectivity index (χ4n) is 1.20. The van der Waals surface area contributed by atoms with E-state index in [4.69, 9.17) is 29.4 Å². The first-order valence-corrected chi connectivity index (χ1v) is 10.2. The monoisotopic (exact) mass is 435 g/mol. The molecule has 0 fully saturated rings. The molecule has 0 unspecified atom stereocenters. The Balaban J connectivity index is -0.00000220. The van der Waals surface area contributed by atoms with Crippen molar-refractivity contribution >= 4 is 82.6 Å². The molecule has 0 amide bonds. The van der Waals surface area contributed by atoms with E-state index in [1.807, 2.05) is 0 Å². The normalized spacial score (nSPS) is 12.6. The smallest absolute Gasteiger partial charge is 0.303 e. The molecule has 136 valence electrons. The molecule has 0 aliphatic rings. The molecule has 18 heteroatoms. The molecule has 0 aliphatic heterocycles. The molecule has 0 saturated carbocycles. The molecule has 0 heterocycles. The van der Waals surface area contributed by atoms with Gasteiger partial charge in [-0.25, -0.2) is 13.7 Å². The first-order valence-electron chi connectivity index (χ1n) is 5.61. The van der Waals surface area contributed by atoms with Gasteiger partial charge in [0.25, 0.3) is 0 Å². The molecule has 0 aromatic carbocycles. The van der Waals surface area contributed by atoms with Crippen molar-refractivity contribution in [2.24, 2.45) is 0 Å². The topological polar surface area (TPSA) is 204 Å². The van der Waals surface area contributed by atoms with Crippen molar-refractivity contribution in [3.63, 3.8) is 0 Å². The molecule has 0 aromatic rings. The molecule has 2 radical (unpaired) electrons. The molecule has 0 aromatic heterocycles. The minimum Gasteiger partial charge on any atom is -0.303 e. The number of rotatable bonds is 12. The van der Waals surface area contributed by atoms with E-state index >= 15 is 0 Å². The first-order chi connectivity index (χ1) is 9.79. The van der Waals surface area contributed by atoms with E-state index < -0.39 is 43.3 Å². The van der Waals surface area contributed by atoms with Crippen molar-refractivity contribution < 1.29 is 56.6 Å². The van der Waals surface area contributed by atoms with Crippen LogP contribution in [0.3, 0.4) is 0 Å². The van der Waals surface area contributed by atoms with Gasteiger partial charge in [-0.3, -0.25) is 18.5 Å². The van der Waals surface area contributed by atoms with E-state index in [1.165, 1.54) is 4.90 Å². The van der Waals surface area contributed by atoms with Crippen LogP contribution in [-0.4, -0.2) is 133 Å². The van der Waals surface area contributed by atoms with Crippen molar-refractivity contribution in [2.45, 2.75) is 0 Å². The average Bonchev–Trinajstić information content (AvgIpc) is 2.23. The average molecular weight is 435 g/mol. The van der Waals surface area contributed by atoms with Gasteiger partial charge < -0.3 is 29.4 Å². The Morgan fingerprint density at radius 3 is 0.958 bits per heavy atom. The van der Waals surface area contributed by atoms with Crippen LogP contribution in [0.15, 0.2) is 0 Å². The second-order valence-corrected chi connectivity index (χ2v) is 7.53. The Morgan fingerprint density at radius 1 is 0.583 bits per heavy atom. The molecule has 0 saturated heterocycles. The van der Waals surface area contributed by atoms with Crippen molar-refractivity contribution in [3.05, 3.63) is 0 Å². The standard InChI is InChI=1S/C6H18NO12P3.2Na/c8-20(9,10)17-4-1-7(2-5-18-21(11,12)13)3-6-19-22(14,15)16;;/h1-6H2,(H2,8,9,10)(H2,11,12,13)(H2,14,15,16);;. The maximum absolute atomic E-state index is 10.5. The summed E-state index contributed by atoms with van der Waals surface area (Å²) < 4.78 is 44.1. The van der Waals surface area contributed by atoms with Gasteiger partial charge in [-0.2, -0.15) is 0 Å². The van der Waals surface area contributed by atoms with Gasteiger partial charge in [0.2, 0.25) is 0 Å². The molecule has 13 nitrogen and oxygen atoms in total. The van der Waals surface area contributed by atoms with Gasteiger partial charge >= 0.3 is 23.5 Å². The Bertz CT molecular complexity index is 395. The van der Waals surface area contributed by atoms with E-state index in [1.54, 1.807) is 0 Å². The van der Waals surface area contributed by atoms with Crippen LogP contribution >= 0.6 is 23.5 Å². The summed E-state index contributed by atoms with van der Waals surface area (Å²) in [5.74, 6) is 0. The van der Waals surface area contributed by atoms with Gasteiger partial charge in [0.1, 0.15) is 0 Å². The largest absolute Gasteiger partial charge is 0.469 e. The van der Waals surface area contributed by atoms with Crippen LogP contribution in [0, 0.1) is 0 Å². The number of phosphoric acid groups is 3. The predicted molar refractivity (Wildman–Crippen MR) is 81.9 cm³/mol. The Hall–Kier alpha value is 2.29. The third kappa shape index (κ3) is 24.3. The number of hydrogen-bond acceptors (Lipinski definition) is 7. The number of nitrogens with zero attached hydrogens (tertiary/aromatic N) is 1. The molecule has 6 N–H and O–H groups in total. The van der Waals surface area contributed by atoms with E-state index in [0.717, 1.165) is 0 Å². The summed E-state index contributed by atoms with van der Waals surface area (Å²) >= 11 is 0. The maximum Gasteiger partial charge on any atom is 0.469 e. The maximum atomic E-state index is 10.5. The zero-order valence-electron chi connectivity index (χ0n) is 13.2. The SMILES string of the molecule is O=P(O)(O)OCCN(CCOP(=O)(O)O)CCOP(=O)(O)O.[Na].[Na]. The molecule has 0 bridgehead atoms. The molecule has 0 atom stereocenters. The summed E-state index contributed by atoms with van der Waals surface area (Å²) in [6.07, 6.45) is 0. The summed E-state index contributed by atoms with van der Waals surface area (Å²) in [6, 6.07) is 0.